The van der Waals surface area contributed by atoms with E-state index in [1.54, 1.807) is 6.92 Å². The predicted octanol–water partition coefficient (Wildman–Crippen LogP) is 1.86. The van der Waals surface area contributed by atoms with Gasteiger partial charge in [-0.1, -0.05) is 35.5 Å². The van der Waals surface area contributed by atoms with E-state index in [1.165, 1.54) is 5.56 Å². The second kappa shape index (κ2) is 6.27. The van der Waals surface area contributed by atoms with Gasteiger partial charge in [-0.3, -0.25) is 4.79 Å². The number of aryl methyl sites for hydroxylation is 1. The lowest BCUT2D eigenvalue weighted by molar-refractivity contribution is 0.0486. The largest absolute Gasteiger partial charge is 0.381 e. The lowest BCUT2D eigenvalue weighted by Gasteiger charge is -2.37. The number of hydrogen-bond acceptors (Lipinski definition) is 5. The summed E-state index contributed by atoms with van der Waals surface area (Å²) in [7, 11) is 0. The predicted molar refractivity (Wildman–Crippen MR) is 79.5 cm³/mol. The lowest BCUT2D eigenvalue weighted by Crippen LogP contribution is -2.44. The number of nitrogens with one attached hydrogen (secondary N) is 1. The van der Waals surface area contributed by atoms with Crippen LogP contribution in [0.25, 0.3) is 0 Å². The zero-order valence-corrected chi connectivity index (χ0v) is 12.5. The smallest absolute Gasteiger partial charge is 0.275 e. The van der Waals surface area contributed by atoms with E-state index in [0.717, 1.165) is 12.8 Å². The Hall–Kier alpha value is -2.21. The van der Waals surface area contributed by atoms with Crippen molar-refractivity contribution >= 4 is 5.91 Å². The van der Waals surface area contributed by atoms with Crippen molar-refractivity contribution in [1.82, 2.24) is 15.6 Å². The maximum absolute atomic E-state index is 12.2. The van der Waals surface area contributed by atoms with Gasteiger partial charge in [0.2, 0.25) is 0 Å². The van der Waals surface area contributed by atoms with Gasteiger partial charge in [0.25, 0.3) is 5.91 Å². The Labute approximate surface area is 128 Å². The highest BCUT2D eigenvalue weighted by atomic mass is 16.6. The third-order valence-electron chi connectivity index (χ3n) is 4.29. The molecule has 1 aliphatic heterocycles. The first-order valence-corrected chi connectivity index (χ1v) is 7.42. The van der Waals surface area contributed by atoms with Crippen LogP contribution in [0.5, 0.6) is 0 Å². The number of amides is 1. The van der Waals surface area contributed by atoms with Crippen LogP contribution in [0.15, 0.2) is 35.0 Å². The number of hydrogen-bond donors (Lipinski definition) is 1. The first-order valence-electron chi connectivity index (χ1n) is 7.42. The Morgan fingerprint density at radius 3 is 2.59 bits per heavy atom. The summed E-state index contributed by atoms with van der Waals surface area (Å²) in [5, 5.41) is 10.3. The van der Waals surface area contributed by atoms with Gasteiger partial charge in [0, 0.05) is 25.2 Å². The van der Waals surface area contributed by atoms with Crippen LogP contribution in [-0.4, -0.2) is 36.0 Å². The molecule has 6 heteroatoms. The minimum absolute atomic E-state index is 0.0970. The summed E-state index contributed by atoms with van der Waals surface area (Å²) in [5.41, 5.74) is 1.88. The maximum atomic E-state index is 12.2. The number of carbonyl (C=O) groups excluding carboxylic acids is 1. The van der Waals surface area contributed by atoms with E-state index in [1.807, 2.05) is 18.2 Å². The first-order chi connectivity index (χ1) is 10.7. The second-order valence-electron chi connectivity index (χ2n) is 5.64. The number of nitrogens with zero attached hydrogens (tertiary/aromatic N) is 2. The van der Waals surface area contributed by atoms with E-state index in [2.05, 4.69) is 32.4 Å². The van der Waals surface area contributed by atoms with Crippen LogP contribution in [0.4, 0.5) is 0 Å². The molecule has 1 saturated heterocycles. The average molecular weight is 301 g/mol. The van der Waals surface area contributed by atoms with E-state index in [4.69, 9.17) is 4.74 Å². The Bertz CT molecular complexity index is 633. The molecule has 0 atom stereocenters. The number of ether oxygens (including phenoxy) is 1. The Kier molecular flexibility index (Phi) is 4.20. The van der Waals surface area contributed by atoms with E-state index in [-0.39, 0.29) is 17.0 Å². The molecule has 3 rings (SSSR count). The van der Waals surface area contributed by atoms with Crippen LogP contribution < -0.4 is 5.32 Å². The molecule has 0 radical (unpaired) electrons. The third-order valence-corrected chi connectivity index (χ3v) is 4.29. The van der Waals surface area contributed by atoms with Gasteiger partial charge in [-0.25, -0.2) is 4.63 Å². The highest BCUT2D eigenvalue weighted by Gasteiger charge is 2.35. The molecule has 1 fully saturated rings. The van der Waals surface area contributed by atoms with Gasteiger partial charge in [0.1, 0.15) is 5.69 Å². The molecule has 1 N–H and O–H groups in total. The SMILES string of the molecule is Cc1nonc1C(=O)NCC1(c2ccccc2)CCOCC1. The average Bonchev–Trinajstić information content (AvgIpc) is 3.00. The van der Waals surface area contributed by atoms with Crippen LogP contribution >= 0.6 is 0 Å². The van der Waals surface area contributed by atoms with Gasteiger partial charge in [-0.2, -0.15) is 0 Å². The van der Waals surface area contributed by atoms with Gasteiger partial charge < -0.3 is 10.1 Å². The fraction of sp³-hybridized carbons (Fsp3) is 0.438. The monoisotopic (exact) mass is 301 g/mol. The van der Waals surface area contributed by atoms with Gasteiger partial charge in [0.15, 0.2) is 5.69 Å². The molecule has 2 aromatic rings. The molecule has 1 aromatic carbocycles. The molecule has 2 heterocycles. The quantitative estimate of drug-likeness (QED) is 0.932. The highest BCUT2D eigenvalue weighted by molar-refractivity contribution is 5.93. The minimum atomic E-state index is -0.249. The van der Waals surface area contributed by atoms with Crippen molar-refractivity contribution in [2.24, 2.45) is 0 Å². The third kappa shape index (κ3) is 2.87. The summed E-state index contributed by atoms with van der Waals surface area (Å²) in [5.74, 6) is -0.249. The van der Waals surface area contributed by atoms with E-state index >= 15 is 0 Å². The van der Waals surface area contributed by atoms with Crippen molar-refractivity contribution in [1.29, 1.82) is 0 Å². The van der Waals surface area contributed by atoms with E-state index in [0.29, 0.717) is 25.5 Å². The topological polar surface area (TPSA) is 77.2 Å². The molecule has 1 aliphatic rings. The summed E-state index contributed by atoms with van der Waals surface area (Å²) in [6, 6.07) is 10.3. The van der Waals surface area contributed by atoms with Crippen molar-refractivity contribution in [3.8, 4) is 0 Å². The molecular weight excluding hydrogens is 282 g/mol. The van der Waals surface area contributed by atoms with E-state index < -0.39 is 0 Å². The van der Waals surface area contributed by atoms with Crippen LogP contribution in [0.3, 0.4) is 0 Å². The van der Waals surface area contributed by atoms with Crippen molar-refractivity contribution in [2.45, 2.75) is 25.2 Å². The normalized spacial score (nSPS) is 17.1. The molecule has 0 aliphatic carbocycles. The summed E-state index contributed by atoms with van der Waals surface area (Å²) < 4.78 is 10.1. The molecular formula is C16H19N3O3. The van der Waals surface area contributed by atoms with Crippen LogP contribution in [0, 0.1) is 6.92 Å². The van der Waals surface area contributed by atoms with Gasteiger partial charge in [0.05, 0.1) is 0 Å². The molecule has 0 spiro atoms. The van der Waals surface area contributed by atoms with Crippen molar-refractivity contribution in [3.63, 3.8) is 0 Å². The second-order valence-corrected chi connectivity index (χ2v) is 5.64. The summed E-state index contributed by atoms with van der Waals surface area (Å²) in [6.07, 6.45) is 1.76. The van der Waals surface area contributed by atoms with Crippen LogP contribution in [-0.2, 0) is 10.2 Å². The van der Waals surface area contributed by atoms with Gasteiger partial charge in [-0.15, -0.1) is 0 Å². The van der Waals surface area contributed by atoms with Crippen LogP contribution in [0.2, 0.25) is 0 Å². The Morgan fingerprint density at radius 1 is 1.23 bits per heavy atom. The molecule has 6 nitrogen and oxygen atoms in total. The molecule has 116 valence electrons. The van der Waals surface area contributed by atoms with Crippen molar-refractivity contribution in [2.75, 3.05) is 19.8 Å². The van der Waals surface area contributed by atoms with Crippen molar-refractivity contribution in [3.05, 3.63) is 47.3 Å². The summed E-state index contributed by atoms with van der Waals surface area (Å²) in [4.78, 5) is 12.2. The molecule has 0 unspecified atom stereocenters. The molecule has 22 heavy (non-hydrogen) atoms. The standard InChI is InChI=1S/C16H19N3O3/c1-12-14(19-22-18-12)15(20)17-11-16(7-9-21-10-8-16)13-5-3-2-4-6-13/h2-6H,7-11H2,1H3,(H,17,20). The number of aromatic nitrogens is 2. The fourth-order valence-corrected chi connectivity index (χ4v) is 2.89. The highest BCUT2D eigenvalue weighted by Crippen LogP contribution is 2.34. The molecule has 0 saturated carbocycles. The fourth-order valence-electron chi connectivity index (χ4n) is 2.89. The zero-order valence-electron chi connectivity index (χ0n) is 12.5. The number of benzene rings is 1. The minimum Gasteiger partial charge on any atom is -0.381 e. The lowest BCUT2D eigenvalue weighted by atomic mass is 9.74. The first kappa shape index (κ1) is 14.7. The Morgan fingerprint density at radius 2 is 1.95 bits per heavy atom. The van der Waals surface area contributed by atoms with Gasteiger partial charge in [-0.05, 0) is 30.5 Å². The molecule has 1 amide bonds. The number of rotatable bonds is 4. The summed E-state index contributed by atoms with van der Waals surface area (Å²) in [6.45, 7) is 3.66. The van der Waals surface area contributed by atoms with Gasteiger partial charge >= 0.3 is 0 Å². The number of carbonyl (C=O) groups is 1. The Balaban J connectivity index is 1.77. The molecule has 1 aromatic heterocycles. The summed E-state index contributed by atoms with van der Waals surface area (Å²) >= 11 is 0. The zero-order chi connectivity index (χ0) is 15.4. The molecule has 0 bridgehead atoms. The maximum Gasteiger partial charge on any atom is 0.275 e. The van der Waals surface area contributed by atoms with E-state index in [9.17, 15) is 4.79 Å². The van der Waals surface area contributed by atoms with Crippen LogP contribution in [0.1, 0.15) is 34.6 Å². The van der Waals surface area contributed by atoms with Crippen molar-refractivity contribution < 1.29 is 14.2 Å².